The first-order valence-corrected chi connectivity index (χ1v) is 7.75. The Bertz CT molecular complexity index is 302. The molecular weight excluding hydrogens is 256 g/mol. The van der Waals surface area contributed by atoms with Gasteiger partial charge >= 0.3 is 0 Å². The van der Waals surface area contributed by atoms with Crippen molar-refractivity contribution in [2.24, 2.45) is 5.41 Å². The van der Waals surface area contributed by atoms with E-state index in [4.69, 9.17) is 12.2 Å². The van der Waals surface area contributed by atoms with Gasteiger partial charge in [0.25, 0.3) is 0 Å². The minimum atomic E-state index is -0.114. The third kappa shape index (κ3) is 7.11. The second-order valence-corrected chi connectivity index (χ2v) is 8.13. The fraction of sp³-hybridized carbons (Fsp3) is 0.933. The molecule has 1 aliphatic rings. The van der Waals surface area contributed by atoms with Crippen LogP contribution in [-0.4, -0.2) is 27.9 Å². The Labute approximate surface area is 123 Å². The van der Waals surface area contributed by atoms with E-state index in [0.717, 1.165) is 37.2 Å². The molecule has 1 aliphatic carbocycles. The monoisotopic (exact) mass is 286 g/mol. The van der Waals surface area contributed by atoms with E-state index < -0.39 is 0 Å². The molecule has 19 heavy (non-hydrogen) atoms. The van der Waals surface area contributed by atoms with Crippen molar-refractivity contribution in [3.8, 4) is 0 Å². The Hall–Kier alpha value is -0.350. The second-order valence-electron chi connectivity index (χ2n) is 7.73. The molecule has 0 spiro atoms. The van der Waals surface area contributed by atoms with E-state index in [-0.39, 0.29) is 17.1 Å². The Morgan fingerprint density at radius 3 is 2.11 bits per heavy atom. The molecule has 4 heteroatoms. The minimum Gasteiger partial charge on any atom is -0.393 e. The van der Waals surface area contributed by atoms with Crippen LogP contribution < -0.4 is 10.6 Å². The average molecular weight is 286 g/mol. The van der Waals surface area contributed by atoms with Crippen molar-refractivity contribution in [3.05, 3.63) is 0 Å². The van der Waals surface area contributed by atoms with Gasteiger partial charge in [0.05, 0.1) is 6.10 Å². The van der Waals surface area contributed by atoms with Crippen molar-refractivity contribution >= 4 is 17.3 Å². The number of aliphatic hydroxyl groups excluding tert-OH is 1. The molecule has 112 valence electrons. The first kappa shape index (κ1) is 16.7. The van der Waals surface area contributed by atoms with Crippen LogP contribution in [0.1, 0.15) is 66.7 Å². The number of rotatable bonds is 3. The lowest BCUT2D eigenvalue weighted by molar-refractivity contribution is 0.120. The van der Waals surface area contributed by atoms with Crippen LogP contribution in [0.4, 0.5) is 0 Å². The van der Waals surface area contributed by atoms with Gasteiger partial charge in [0.1, 0.15) is 0 Å². The summed E-state index contributed by atoms with van der Waals surface area (Å²) in [5.74, 6) is 0. The molecular formula is C15H30N2OS. The van der Waals surface area contributed by atoms with Crippen molar-refractivity contribution in [1.29, 1.82) is 0 Å². The van der Waals surface area contributed by atoms with Crippen LogP contribution in [0, 0.1) is 5.41 Å². The quantitative estimate of drug-likeness (QED) is 0.698. The third-order valence-electron chi connectivity index (χ3n) is 3.46. The Morgan fingerprint density at radius 2 is 1.63 bits per heavy atom. The van der Waals surface area contributed by atoms with Gasteiger partial charge < -0.3 is 15.7 Å². The molecule has 0 heterocycles. The molecule has 0 bridgehead atoms. The SMILES string of the molecule is CC(C)(C)CC(C)(C)NC(=S)NC1CCC(O)CC1. The van der Waals surface area contributed by atoms with Crippen LogP contribution in [0.25, 0.3) is 0 Å². The molecule has 0 aromatic carbocycles. The van der Waals surface area contributed by atoms with Crippen LogP contribution in [-0.2, 0) is 0 Å². The molecule has 0 atom stereocenters. The maximum atomic E-state index is 9.50. The van der Waals surface area contributed by atoms with Crippen LogP contribution in [0.15, 0.2) is 0 Å². The number of thiocarbonyl (C=S) groups is 1. The van der Waals surface area contributed by atoms with Crippen molar-refractivity contribution < 1.29 is 5.11 Å². The van der Waals surface area contributed by atoms with E-state index in [9.17, 15) is 5.11 Å². The summed E-state index contributed by atoms with van der Waals surface area (Å²) >= 11 is 5.42. The zero-order valence-corrected chi connectivity index (χ0v) is 13.9. The zero-order chi connectivity index (χ0) is 14.7. The van der Waals surface area contributed by atoms with Gasteiger partial charge in [-0.05, 0) is 63.6 Å². The van der Waals surface area contributed by atoms with E-state index in [1.54, 1.807) is 0 Å². The molecule has 0 aromatic heterocycles. The number of hydrogen-bond acceptors (Lipinski definition) is 2. The van der Waals surface area contributed by atoms with Gasteiger partial charge in [0, 0.05) is 11.6 Å². The molecule has 0 amide bonds. The molecule has 3 nitrogen and oxygen atoms in total. The molecule has 0 radical (unpaired) electrons. The zero-order valence-electron chi connectivity index (χ0n) is 13.0. The van der Waals surface area contributed by atoms with Crippen molar-refractivity contribution in [3.63, 3.8) is 0 Å². The minimum absolute atomic E-state index is 0.00346. The first-order valence-electron chi connectivity index (χ1n) is 7.34. The van der Waals surface area contributed by atoms with E-state index >= 15 is 0 Å². The van der Waals surface area contributed by atoms with Crippen molar-refractivity contribution in [1.82, 2.24) is 10.6 Å². The van der Waals surface area contributed by atoms with E-state index in [1.165, 1.54) is 0 Å². The fourth-order valence-electron chi connectivity index (χ4n) is 3.12. The van der Waals surface area contributed by atoms with E-state index in [1.807, 2.05) is 0 Å². The smallest absolute Gasteiger partial charge is 0.166 e. The molecule has 0 aliphatic heterocycles. The predicted octanol–water partition coefficient (Wildman–Crippen LogP) is 2.97. The van der Waals surface area contributed by atoms with Gasteiger partial charge in [-0.3, -0.25) is 0 Å². The highest BCUT2D eigenvalue weighted by Gasteiger charge is 2.27. The number of aliphatic hydroxyl groups is 1. The number of nitrogens with one attached hydrogen (secondary N) is 2. The van der Waals surface area contributed by atoms with Gasteiger partial charge in [-0.1, -0.05) is 20.8 Å². The maximum absolute atomic E-state index is 9.50. The standard InChI is InChI=1S/C15H30N2OS/c1-14(2,3)10-15(4,5)17-13(19)16-11-6-8-12(18)9-7-11/h11-12,18H,6-10H2,1-5H3,(H2,16,17,19). The average Bonchev–Trinajstić information content (AvgIpc) is 2.16. The van der Waals surface area contributed by atoms with Crippen molar-refractivity contribution in [2.45, 2.75) is 84.4 Å². The van der Waals surface area contributed by atoms with Crippen LogP contribution >= 0.6 is 12.2 Å². The molecule has 0 unspecified atom stereocenters. The molecule has 1 rings (SSSR count). The van der Waals surface area contributed by atoms with E-state index in [0.29, 0.717) is 6.04 Å². The van der Waals surface area contributed by atoms with Crippen LogP contribution in [0.3, 0.4) is 0 Å². The Morgan fingerprint density at radius 1 is 1.11 bits per heavy atom. The van der Waals surface area contributed by atoms with Crippen LogP contribution in [0.5, 0.6) is 0 Å². The maximum Gasteiger partial charge on any atom is 0.166 e. The number of hydrogen-bond donors (Lipinski definition) is 3. The summed E-state index contributed by atoms with van der Waals surface area (Å²) < 4.78 is 0. The van der Waals surface area contributed by atoms with Gasteiger partial charge in [-0.2, -0.15) is 0 Å². The van der Waals surface area contributed by atoms with E-state index in [2.05, 4.69) is 45.3 Å². The summed E-state index contributed by atoms with van der Waals surface area (Å²) in [4.78, 5) is 0. The van der Waals surface area contributed by atoms with Crippen molar-refractivity contribution in [2.75, 3.05) is 0 Å². The van der Waals surface area contributed by atoms with Crippen LogP contribution in [0.2, 0.25) is 0 Å². The largest absolute Gasteiger partial charge is 0.393 e. The highest BCUT2D eigenvalue weighted by molar-refractivity contribution is 7.80. The molecule has 1 saturated carbocycles. The fourth-order valence-corrected chi connectivity index (χ4v) is 3.56. The van der Waals surface area contributed by atoms with Gasteiger partial charge in [-0.15, -0.1) is 0 Å². The molecule has 0 saturated heterocycles. The summed E-state index contributed by atoms with van der Waals surface area (Å²) in [6.45, 7) is 11.1. The lowest BCUT2D eigenvalue weighted by Crippen LogP contribution is -2.52. The Kier molecular flexibility index (Phi) is 5.63. The highest BCUT2D eigenvalue weighted by Crippen LogP contribution is 2.26. The Balaban J connectivity index is 2.38. The normalized spacial score (nSPS) is 24.9. The predicted molar refractivity (Wildman–Crippen MR) is 85.3 cm³/mol. The lowest BCUT2D eigenvalue weighted by Gasteiger charge is -2.36. The summed E-state index contributed by atoms with van der Waals surface area (Å²) in [6, 6.07) is 0.411. The summed E-state index contributed by atoms with van der Waals surface area (Å²) in [6.07, 6.45) is 4.71. The first-order chi connectivity index (χ1) is 8.57. The summed E-state index contributed by atoms with van der Waals surface area (Å²) in [5.41, 5.74) is 0.275. The molecule has 0 aromatic rings. The molecule has 1 fully saturated rings. The van der Waals surface area contributed by atoms with Gasteiger partial charge in [-0.25, -0.2) is 0 Å². The van der Waals surface area contributed by atoms with Gasteiger partial charge in [0.15, 0.2) is 5.11 Å². The highest BCUT2D eigenvalue weighted by atomic mass is 32.1. The third-order valence-corrected chi connectivity index (χ3v) is 3.68. The summed E-state index contributed by atoms with van der Waals surface area (Å²) in [5, 5.41) is 17.1. The second kappa shape index (κ2) is 6.40. The summed E-state index contributed by atoms with van der Waals surface area (Å²) in [7, 11) is 0. The van der Waals surface area contributed by atoms with Gasteiger partial charge in [0.2, 0.25) is 0 Å². The topological polar surface area (TPSA) is 44.3 Å². The molecule has 3 N–H and O–H groups in total. The lowest BCUT2D eigenvalue weighted by atomic mass is 9.82.